The molecule has 4 heteroatoms. The molecule has 2 aromatic carbocycles. The maximum atomic E-state index is 6.21. The van der Waals surface area contributed by atoms with Gasteiger partial charge in [0.05, 0.1) is 18.7 Å². The third-order valence-electron chi connectivity index (χ3n) is 4.34. The standard InChI is InChI=1S/C17H17N3O/c18-16-19-12-17(20(16)13-6-2-1-3-7-13)10-11-21-15-9-5-4-8-14(15)17/h1-9H,10-12H2,(H2,18,19). The molecule has 4 rings (SSSR count). The molecular formula is C17H17N3O. The molecule has 2 aliphatic heterocycles. The van der Waals surface area contributed by atoms with Crippen molar-refractivity contribution in [2.75, 3.05) is 18.1 Å². The van der Waals surface area contributed by atoms with Crippen LogP contribution in [0.2, 0.25) is 0 Å². The van der Waals surface area contributed by atoms with Crippen molar-refractivity contribution in [3.05, 3.63) is 60.2 Å². The van der Waals surface area contributed by atoms with Crippen LogP contribution in [0.4, 0.5) is 5.69 Å². The number of aliphatic imine (C=N–C) groups is 1. The fraction of sp³-hybridized carbons (Fsp3) is 0.235. The second kappa shape index (κ2) is 4.52. The third-order valence-corrected chi connectivity index (χ3v) is 4.34. The molecule has 0 bridgehead atoms. The van der Waals surface area contributed by atoms with Crippen molar-refractivity contribution in [3.8, 4) is 5.75 Å². The minimum atomic E-state index is -0.222. The van der Waals surface area contributed by atoms with Crippen molar-refractivity contribution in [2.24, 2.45) is 10.7 Å². The summed E-state index contributed by atoms with van der Waals surface area (Å²) in [6.07, 6.45) is 0.878. The summed E-state index contributed by atoms with van der Waals surface area (Å²) >= 11 is 0. The summed E-state index contributed by atoms with van der Waals surface area (Å²) < 4.78 is 5.81. The predicted molar refractivity (Wildman–Crippen MR) is 83.6 cm³/mol. The van der Waals surface area contributed by atoms with Crippen LogP contribution in [0.25, 0.3) is 0 Å². The van der Waals surface area contributed by atoms with Crippen LogP contribution in [0, 0.1) is 0 Å². The summed E-state index contributed by atoms with van der Waals surface area (Å²) in [5, 5.41) is 0. The average Bonchev–Trinajstić information content (AvgIpc) is 2.86. The SMILES string of the molecule is NC1=NCC2(CCOc3ccccc32)N1c1ccccc1. The number of hydrogen-bond donors (Lipinski definition) is 1. The zero-order chi connectivity index (χ0) is 14.3. The van der Waals surface area contributed by atoms with Crippen LogP contribution < -0.4 is 15.4 Å². The number of hydrogen-bond acceptors (Lipinski definition) is 4. The van der Waals surface area contributed by atoms with Crippen molar-refractivity contribution in [1.82, 2.24) is 0 Å². The van der Waals surface area contributed by atoms with Crippen molar-refractivity contribution in [2.45, 2.75) is 12.0 Å². The number of nitrogens with zero attached hydrogens (tertiary/aromatic N) is 2. The molecule has 0 saturated heterocycles. The molecule has 0 saturated carbocycles. The van der Waals surface area contributed by atoms with Gasteiger partial charge in [-0.15, -0.1) is 0 Å². The van der Waals surface area contributed by atoms with Gasteiger partial charge in [-0.05, 0) is 18.2 Å². The largest absolute Gasteiger partial charge is 0.493 e. The average molecular weight is 279 g/mol. The Hall–Kier alpha value is -2.49. The van der Waals surface area contributed by atoms with Gasteiger partial charge in [0.2, 0.25) is 0 Å². The second-order valence-corrected chi connectivity index (χ2v) is 5.47. The number of ether oxygens (including phenoxy) is 1. The lowest BCUT2D eigenvalue weighted by Crippen LogP contribution is -2.52. The number of guanidine groups is 1. The monoisotopic (exact) mass is 279 g/mol. The van der Waals surface area contributed by atoms with Gasteiger partial charge < -0.3 is 15.4 Å². The number of para-hydroxylation sites is 2. The van der Waals surface area contributed by atoms with E-state index in [1.807, 2.05) is 36.4 Å². The molecule has 2 heterocycles. The maximum Gasteiger partial charge on any atom is 0.196 e. The molecule has 1 spiro atoms. The van der Waals surface area contributed by atoms with E-state index in [4.69, 9.17) is 10.5 Å². The number of anilines is 1. The van der Waals surface area contributed by atoms with Crippen LogP contribution in [0.5, 0.6) is 5.75 Å². The Morgan fingerprint density at radius 1 is 1.05 bits per heavy atom. The Morgan fingerprint density at radius 3 is 2.67 bits per heavy atom. The van der Waals surface area contributed by atoms with Gasteiger partial charge in [0.15, 0.2) is 5.96 Å². The highest BCUT2D eigenvalue weighted by Gasteiger charge is 2.47. The van der Waals surface area contributed by atoms with Gasteiger partial charge in [-0.2, -0.15) is 0 Å². The Morgan fingerprint density at radius 2 is 1.81 bits per heavy atom. The fourth-order valence-corrected chi connectivity index (χ4v) is 3.37. The van der Waals surface area contributed by atoms with Gasteiger partial charge in [-0.25, -0.2) is 0 Å². The number of fused-ring (bicyclic) bond motifs is 2. The zero-order valence-corrected chi connectivity index (χ0v) is 11.7. The molecule has 1 atom stereocenters. The third kappa shape index (κ3) is 1.72. The molecule has 0 radical (unpaired) electrons. The highest BCUT2D eigenvalue weighted by molar-refractivity contribution is 5.98. The van der Waals surface area contributed by atoms with E-state index in [0.29, 0.717) is 19.1 Å². The Balaban J connectivity index is 1.89. The number of nitrogens with two attached hydrogens (primary N) is 1. The van der Waals surface area contributed by atoms with E-state index in [9.17, 15) is 0 Å². The van der Waals surface area contributed by atoms with Gasteiger partial charge in [-0.1, -0.05) is 36.4 Å². The zero-order valence-electron chi connectivity index (χ0n) is 11.7. The Kier molecular flexibility index (Phi) is 2.64. The van der Waals surface area contributed by atoms with Crippen LogP contribution in [-0.4, -0.2) is 19.1 Å². The van der Waals surface area contributed by atoms with E-state index in [1.54, 1.807) is 0 Å². The fourth-order valence-electron chi connectivity index (χ4n) is 3.37. The van der Waals surface area contributed by atoms with Crippen molar-refractivity contribution in [3.63, 3.8) is 0 Å². The molecule has 106 valence electrons. The first-order valence-electron chi connectivity index (χ1n) is 7.19. The molecule has 2 aromatic rings. The molecule has 0 aromatic heterocycles. The van der Waals surface area contributed by atoms with Gasteiger partial charge in [0.25, 0.3) is 0 Å². The van der Waals surface area contributed by atoms with E-state index in [2.05, 4.69) is 28.1 Å². The van der Waals surface area contributed by atoms with Gasteiger partial charge in [-0.3, -0.25) is 4.99 Å². The molecule has 0 aliphatic carbocycles. The summed E-state index contributed by atoms with van der Waals surface area (Å²) in [4.78, 5) is 6.70. The van der Waals surface area contributed by atoms with Crippen LogP contribution in [-0.2, 0) is 5.54 Å². The summed E-state index contributed by atoms with van der Waals surface area (Å²) in [6, 6.07) is 18.4. The van der Waals surface area contributed by atoms with Crippen LogP contribution in [0.15, 0.2) is 59.6 Å². The summed E-state index contributed by atoms with van der Waals surface area (Å²) in [7, 11) is 0. The quantitative estimate of drug-likeness (QED) is 0.872. The first kappa shape index (κ1) is 12.3. The molecule has 0 fully saturated rings. The minimum Gasteiger partial charge on any atom is -0.493 e. The van der Waals surface area contributed by atoms with Crippen molar-refractivity contribution in [1.29, 1.82) is 0 Å². The van der Waals surface area contributed by atoms with Gasteiger partial charge >= 0.3 is 0 Å². The molecule has 2 N–H and O–H groups in total. The molecule has 2 aliphatic rings. The smallest absolute Gasteiger partial charge is 0.196 e. The van der Waals surface area contributed by atoms with E-state index in [0.717, 1.165) is 17.9 Å². The van der Waals surface area contributed by atoms with Crippen LogP contribution in [0.1, 0.15) is 12.0 Å². The second-order valence-electron chi connectivity index (χ2n) is 5.47. The van der Waals surface area contributed by atoms with E-state index in [-0.39, 0.29) is 5.54 Å². The normalized spacial score (nSPS) is 23.6. The summed E-state index contributed by atoms with van der Waals surface area (Å²) in [5.41, 5.74) is 8.23. The number of rotatable bonds is 1. The number of benzene rings is 2. The lowest BCUT2D eigenvalue weighted by atomic mass is 9.83. The molecule has 0 amide bonds. The van der Waals surface area contributed by atoms with Crippen molar-refractivity contribution >= 4 is 11.6 Å². The van der Waals surface area contributed by atoms with Crippen LogP contribution in [0.3, 0.4) is 0 Å². The molecule has 21 heavy (non-hydrogen) atoms. The minimum absolute atomic E-state index is 0.222. The van der Waals surface area contributed by atoms with Crippen LogP contribution >= 0.6 is 0 Å². The summed E-state index contributed by atoms with van der Waals surface area (Å²) in [6.45, 7) is 1.36. The van der Waals surface area contributed by atoms with Crippen molar-refractivity contribution < 1.29 is 4.74 Å². The highest BCUT2D eigenvalue weighted by Crippen LogP contribution is 2.45. The molecule has 4 nitrogen and oxygen atoms in total. The van der Waals surface area contributed by atoms with E-state index < -0.39 is 0 Å². The lowest BCUT2D eigenvalue weighted by molar-refractivity contribution is 0.226. The van der Waals surface area contributed by atoms with Gasteiger partial charge in [0, 0.05) is 17.7 Å². The first-order chi connectivity index (χ1) is 10.3. The molecule has 1 unspecified atom stereocenters. The van der Waals surface area contributed by atoms with E-state index >= 15 is 0 Å². The molecular weight excluding hydrogens is 262 g/mol. The first-order valence-corrected chi connectivity index (χ1v) is 7.19. The Labute approximate surface area is 123 Å². The lowest BCUT2D eigenvalue weighted by Gasteiger charge is -2.43. The van der Waals surface area contributed by atoms with Gasteiger partial charge in [0.1, 0.15) is 5.75 Å². The Bertz CT molecular complexity index is 698. The maximum absolute atomic E-state index is 6.21. The predicted octanol–water partition coefficient (Wildman–Crippen LogP) is 2.50. The summed E-state index contributed by atoms with van der Waals surface area (Å²) in [5.74, 6) is 1.52. The topological polar surface area (TPSA) is 50.9 Å². The highest BCUT2D eigenvalue weighted by atomic mass is 16.5. The van der Waals surface area contributed by atoms with E-state index in [1.165, 1.54) is 5.56 Å².